The van der Waals surface area contributed by atoms with Crippen LogP contribution in [0.1, 0.15) is 18.5 Å². The first-order valence-corrected chi connectivity index (χ1v) is 8.64. The van der Waals surface area contributed by atoms with Crippen LogP contribution < -0.4 is 10.6 Å². The Labute approximate surface area is 159 Å². The number of guanidine groups is 1. The highest BCUT2D eigenvalue weighted by Gasteiger charge is 2.25. The van der Waals surface area contributed by atoms with Crippen LogP contribution in [0.25, 0.3) is 0 Å². The highest BCUT2D eigenvalue weighted by atomic mass is 16.5. The van der Waals surface area contributed by atoms with E-state index in [1.807, 2.05) is 36.3 Å². The number of aromatic nitrogens is 2. The van der Waals surface area contributed by atoms with Crippen molar-refractivity contribution >= 4 is 5.96 Å². The fraction of sp³-hybridized carbons (Fsp3) is 0.500. The summed E-state index contributed by atoms with van der Waals surface area (Å²) >= 11 is 0. The van der Waals surface area contributed by atoms with Gasteiger partial charge >= 0.3 is 0 Å². The molecule has 9 heteroatoms. The van der Waals surface area contributed by atoms with Crippen molar-refractivity contribution in [3.05, 3.63) is 41.6 Å². The van der Waals surface area contributed by atoms with Crippen LogP contribution in [0.4, 0.5) is 0 Å². The van der Waals surface area contributed by atoms with Gasteiger partial charge in [0.1, 0.15) is 5.76 Å². The Morgan fingerprint density at radius 2 is 2.19 bits per heavy atom. The zero-order valence-corrected chi connectivity index (χ0v) is 16.2. The number of aryl methyl sites for hydroxylation is 2. The normalized spacial score (nSPS) is 17.1. The summed E-state index contributed by atoms with van der Waals surface area (Å²) in [4.78, 5) is 8.03. The largest absolute Gasteiger partial charge is 0.497 e. The van der Waals surface area contributed by atoms with Crippen LogP contribution in [0, 0.1) is 18.4 Å². The van der Waals surface area contributed by atoms with Gasteiger partial charge in [-0.15, -0.1) is 4.99 Å². The highest BCUT2D eigenvalue weighted by molar-refractivity contribution is 5.81. The van der Waals surface area contributed by atoms with Crippen molar-refractivity contribution in [2.45, 2.75) is 32.4 Å². The average Bonchev–Trinajstić information content (AvgIpc) is 3.09. The van der Waals surface area contributed by atoms with Crippen LogP contribution in [0.5, 0.6) is 0 Å². The molecule has 0 aromatic carbocycles. The number of nitrogens with one attached hydrogen (secondary N) is 2. The summed E-state index contributed by atoms with van der Waals surface area (Å²) in [5.41, 5.74) is 0.992. The van der Waals surface area contributed by atoms with Crippen LogP contribution >= 0.6 is 0 Å². The van der Waals surface area contributed by atoms with Crippen molar-refractivity contribution in [3.8, 4) is 6.19 Å². The first-order valence-electron chi connectivity index (χ1n) is 8.64. The van der Waals surface area contributed by atoms with E-state index in [0.717, 1.165) is 18.7 Å². The highest BCUT2D eigenvalue weighted by Crippen LogP contribution is 2.26. The lowest BCUT2D eigenvalue weighted by Gasteiger charge is -2.26. The molecule has 1 unspecified atom stereocenters. The van der Waals surface area contributed by atoms with Crippen LogP contribution in [-0.4, -0.2) is 49.4 Å². The molecule has 0 fully saturated rings. The number of hydrogen-bond acceptors (Lipinski definition) is 6. The average molecular weight is 374 g/mol. The molecule has 27 heavy (non-hydrogen) atoms. The third kappa shape index (κ3) is 5.67. The molecule has 0 amide bonds. The molecule has 0 saturated heterocycles. The minimum atomic E-state index is -0.148. The Balaban J connectivity index is 1.92. The Morgan fingerprint density at radius 3 is 2.78 bits per heavy atom. The third-order valence-electron chi connectivity index (χ3n) is 4.04. The summed E-state index contributed by atoms with van der Waals surface area (Å²) in [6.45, 7) is 3.45. The van der Waals surface area contributed by atoms with E-state index in [0.29, 0.717) is 36.2 Å². The molecular weight excluding hydrogens is 348 g/mol. The number of aliphatic imine (C=N–C) groups is 1. The maximum atomic E-state index is 8.96. The van der Waals surface area contributed by atoms with Gasteiger partial charge in [0.25, 0.3) is 0 Å². The minimum absolute atomic E-state index is 0.148. The van der Waals surface area contributed by atoms with Gasteiger partial charge in [-0.2, -0.15) is 5.26 Å². The molecule has 0 saturated carbocycles. The third-order valence-corrected chi connectivity index (χ3v) is 4.04. The number of hydrogen-bond donors (Lipinski definition) is 2. The maximum absolute atomic E-state index is 8.96. The van der Waals surface area contributed by atoms with Crippen molar-refractivity contribution in [1.29, 1.82) is 5.26 Å². The molecule has 2 N–H and O–H groups in total. The number of methoxy groups -OCH3 is 3. The van der Waals surface area contributed by atoms with Crippen LogP contribution in [-0.2, 0) is 20.8 Å². The van der Waals surface area contributed by atoms with Gasteiger partial charge in [-0.1, -0.05) is 0 Å². The molecule has 1 aliphatic carbocycles. The molecule has 9 nitrogen and oxygen atoms in total. The van der Waals surface area contributed by atoms with E-state index in [1.54, 1.807) is 21.3 Å². The Hall–Kier alpha value is -3.15. The van der Waals surface area contributed by atoms with E-state index in [9.17, 15) is 0 Å². The monoisotopic (exact) mass is 374 g/mol. The predicted octanol–water partition coefficient (Wildman–Crippen LogP) is 1.40. The van der Waals surface area contributed by atoms with Gasteiger partial charge in [0, 0.05) is 25.7 Å². The molecule has 0 radical (unpaired) electrons. The molecule has 146 valence electrons. The molecule has 2 rings (SSSR count). The molecule has 0 aliphatic heterocycles. The van der Waals surface area contributed by atoms with Crippen molar-refractivity contribution in [1.82, 2.24) is 20.2 Å². The van der Waals surface area contributed by atoms with Crippen LogP contribution in [0.2, 0.25) is 0 Å². The van der Waals surface area contributed by atoms with E-state index in [4.69, 9.17) is 19.5 Å². The molecular formula is C18H26N6O3. The molecule has 1 aliphatic rings. The van der Waals surface area contributed by atoms with E-state index in [2.05, 4.69) is 20.6 Å². The number of rotatable bonds is 8. The molecule has 1 heterocycles. The molecule has 1 aromatic heterocycles. The molecule has 0 bridgehead atoms. The van der Waals surface area contributed by atoms with Crippen LogP contribution in [0.3, 0.4) is 0 Å². The van der Waals surface area contributed by atoms with Gasteiger partial charge in [0.15, 0.2) is 11.5 Å². The summed E-state index contributed by atoms with van der Waals surface area (Å²) in [6.07, 6.45) is 8.91. The quantitative estimate of drug-likeness (QED) is 0.307. The fourth-order valence-electron chi connectivity index (χ4n) is 2.80. The number of imidazole rings is 1. The summed E-state index contributed by atoms with van der Waals surface area (Å²) in [5.74, 6) is 2.22. The second-order valence-corrected chi connectivity index (χ2v) is 5.94. The smallest absolute Gasteiger partial charge is 0.209 e. The summed E-state index contributed by atoms with van der Waals surface area (Å²) in [5, 5.41) is 15.3. The Morgan fingerprint density at radius 1 is 1.37 bits per heavy atom. The number of nitrogens with zero attached hydrogens (tertiary/aromatic N) is 4. The van der Waals surface area contributed by atoms with Crippen molar-refractivity contribution in [3.63, 3.8) is 0 Å². The second kappa shape index (κ2) is 10.1. The van der Waals surface area contributed by atoms with Crippen molar-refractivity contribution in [2.75, 3.05) is 27.9 Å². The molecule has 1 aromatic rings. The maximum Gasteiger partial charge on any atom is 0.209 e. The molecule has 1 atom stereocenters. The topological polar surface area (TPSA) is 106 Å². The summed E-state index contributed by atoms with van der Waals surface area (Å²) in [7, 11) is 4.73. The first kappa shape index (κ1) is 20.2. The van der Waals surface area contributed by atoms with Gasteiger partial charge in [0.2, 0.25) is 12.2 Å². The van der Waals surface area contributed by atoms with Crippen molar-refractivity contribution < 1.29 is 14.2 Å². The zero-order valence-electron chi connectivity index (χ0n) is 16.2. The van der Waals surface area contributed by atoms with E-state index >= 15 is 0 Å². The first-order chi connectivity index (χ1) is 13.1. The van der Waals surface area contributed by atoms with Gasteiger partial charge in [-0.25, -0.2) is 4.98 Å². The molecule has 0 spiro atoms. The van der Waals surface area contributed by atoms with Gasteiger partial charge in [-0.05, 0) is 19.4 Å². The fourth-order valence-corrected chi connectivity index (χ4v) is 2.80. The summed E-state index contributed by atoms with van der Waals surface area (Å²) < 4.78 is 18.2. The predicted molar refractivity (Wildman–Crippen MR) is 100 cm³/mol. The van der Waals surface area contributed by atoms with Crippen molar-refractivity contribution in [2.24, 2.45) is 4.99 Å². The van der Waals surface area contributed by atoms with Gasteiger partial charge in [0.05, 0.1) is 39.4 Å². The number of nitriles is 1. The van der Waals surface area contributed by atoms with E-state index < -0.39 is 0 Å². The van der Waals surface area contributed by atoms with E-state index in [1.165, 1.54) is 0 Å². The standard InChI is InChI=1S/C18H26N6O3/c1-13-10-24(12-22-13)7-5-6-20-18(21-11-19)23-14-8-15(25-2)17(27-4)16(9-14)26-3/h8,10,12,14H,5-7,9H2,1-4H3,(H2,20,21,23). The summed E-state index contributed by atoms with van der Waals surface area (Å²) in [6, 6.07) is -0.148. The Kier molecular flexibility index (Phi) is 7.55. The number of ether oxygens (including phenoxy) is 3. The van der Waals surface area contributed by atoms with Gasteiger partial charge < -0.3 is 29.4 Å². The lowest BCUT2D eigenvalue weighted by Crippen LogP contribution is -2.44. The second-order valence-electron chi connectivity index (χ2n) is 5.94. The SMILES string of the molecule is COC1=CC(N/C(=N\C#N)NCCCn2cnc(C)c2)CC(OC)=C1OC. The lowest BCUT2D eigenvalue weighted by atomic mass is 10.0. The minimum Gasteiger partial charge on any atom is -0.497 e. The van der Waals surface area contributed by atoms with Crippen LogP contribution in [0.15, 0.2) is 40.9 Å². The Bertz CT molecular complexity index is 759. The zero-order chi connectivity index (χ0) is 19.6. The lowest BCUT2D eigenvalue weighted by molar-refractivity contribution is 0.170. The van der Waals surface area contributed by atoms with Gasteiger partial charge in [-0.3, -0.25) is 0 Å². The van der Waals surface area contributed by atoms with E-state index in [-0.39, 0.29) is 6.04 Å².